The van der Waals surface area contributed by atoms with E-state index in [-0.39, 0.29) is 18.3 Å². The molecular formula is C16H24FN3O2. The highest BCUT2D eigenvalue weighted by Gasteiger charge is 2.23. The first kappa shape index (κ1) is 16.9. The average Bonchev–Trinajstić information content (AvgIpc) is 2.75. The maximum absolute atomic E-state index is 12.9. The summed E-state index contributed by atoms with van der Waals surface area (Å²) in [6.45, 7) is 4.11. The molecule has 0 aliphatic carbocycles. The number of hydrogen-bond donors (Lipinski definition) is 1. The van der Waals surface area contributed by atoms with Gasteiger partial charge < -0.3 is 15.4 Å². The Bertz CT molecular complexity index is 481. The molecule has 0 radical (unpaired) electrons. The molecule has 0 spiro atoms. The number of ether oxygens (including phenoxy) is 1. The van der Waals surface area contributed by atoms with E-state index >= 15 is 0 Å². The van der Waals surface area contributed by atoms with Crippen LogP contribution in [0.2, 0.25) is 0 Å². The highest BCUT2D eigenvalue weighted by atomic mass is 19.1. The van der Waals surface area contributed by atoms with Gasteiger partial charge in [0, 0.05) is 39.8 Å². The molecule has 0 saturated carbocycles. The molecule has 1 aromatic carbocycles. The third-order valence-corrected chi connectivity index (χ3v) is 3.88. The fourth-order valence-electron chi connectivity index (χ4n) is 2.68. The van der Waals surface area contributed by atoms with Crippen LogP contribution < -0.4 is 5.73 Å². The molecule has 1 saturated heterocycles. The molecule has 22 heavy (non-hydrogen) atoms. The first-order valence-electron chi connectivity index (χ1n) is 7.60. The molecule has 1 aliphatic rings. The van der Waals surface area contributed by atoms with E-state index in [2.05, 4.69) is 4.90 Å². The van der Waals surface area contributed by atoms with Crippen LogP contribution in [0.5, 0.6) is 0 Å². The first-order chi connectivity index (χ1) is 10.6. The Hall–Kier alpha value is -1.50. The molecule has 1 atom stereocenters. The maximum Gasteiger partial charge on any atom is 0.241 e. The van der Waals surface area contributed by atoms with Gasteiger partial charge >= 0.3 is 0 Å². The van der Waals surface area contributed by atoms with Crippen LogP contribution in [0.4, 0.5) is 4.39 Å². The van der Waals surface area contributed by atoms with E-state index in [0.717, 1.165) is 38.2 Å². The molecule has 1 aliphatic heterocycles. The summed E-state index contributed by atoms with van der Waals surface area (Å²) in [6.07, 6.45) is 0.909. The van der Waals surface area contributed by atoms with Gasteiger partial charge in [-0.3, -0.25) is 9.69 Å². The van der Waals surface area contributed by atoms with Crippen molar-refractivity contribution in [3.63, 3.8) is 0 Å². The van der Waals surface area contributed by atoms with E-state index < -0.39 is 6.04 Å². The quantitative estimate of drug-likeness (QED) is 0.875. The van der Waals surface area contributed by atoms with E-state index in [4.69, 9.17) is 10.5 Å². The van der Waals surface area contributed by atoms with Crippen molar-refractivity contribution in [1.82, 2.24) is 9.80 Å². The fraction of sp³-hybridized carbons (Fsp3) is 0.562. The Kier molecular flexibility index (Phi) is 6.30. The van der Waals surface area contributed by atoms with E-state index in [1.165, 1.54) is 12.1 Å². The van der Waals surface area contributed by atoms with Gasteiger partial charge in [-0.25, -0.2) is 4.39 Å². The summed E-state index contributed by atoms with van der Waals surface area (Å²) in [4.78, 5) is 16.3. The predicted molar refractivity (Wildman–Crippen MR) is 82.7 cm³/mol. The summed E-state index contributed by atoms with van der Waals surface area (Å²) < 4.78 is 17.9. The summed E-state index contributed by atoms with van der Waals surface area (Å²) in [6, 6.07) is 5.98. The number of halogens is 1. The van der Waals surface area contributed by atoms with Crippen molar-refractivity contribution in [3.05, 3.63) is 35.6 Å². The second-order valence-corrected chi connectivity index (χ2v) is 5.64. The summed E-state index contributed by atoms with van der Waals surface area (Å²) in [5.41, 5.74) is 6.90. The number of nitrogens with two attached hydrogens (primary N) is 1. The van der Waals surface area contributed by atoms with Gasteiger partial charge in [0.15, 0.2) is 0 Å². The lowest BCUT2D eigenvalue weighted by atomic mass is 10.2. The van der Waals surface area contributed by atoms with Crippen molar-refractivity contribution >= 4 is 5.91 Å². The van der Waals surface area contributed by atoms with Crippen molar-refractivity contribution in [2.75, 3.05) is 39.9 Å². The molecular weight excluding hydrogens is 285 g/mol. The zero-order valence-electron chi connectivity index (χ0n) is 13.0. The largest absolute Gasteiger partial charge is 0.383 e. The number of nitrogens with zero attached hydrogens (tertiary/aromatic N) is 2. The van der Waals surface area contributed by atoms with Gasteiger partial charge in [0.2, 0.25) is 5.91 Å². The standard InChI is InChI=1S/C16H24FN3O2/c1-22-12-15(18)16(21)20-8-2-7-19(9-10-20)11-13-3-5-14(17)6-4-13/h3-6,15H,2,7-12,18H2,1H3. The van der Waals surface area contributed by atoms with Gasteiger partial charge in [-0.2, -0.15) is 0 Å². The Morgan fingerprint density at radius 3 is 2.68 bits per heavy atom. The van der Waals surface area contributed by atoms with Gasteiger partial charge in [-0.1, -0.05) is 12.1 Å². The molecule has 1 unspecified atom stereocenters. The molecule has 1 heterocycles. The van der Waals surface area contributed by atoms with Crippen molar-refractivity contribution in [3.8, 4) is 0 Å². The molecule has 2 N–H and O–H groups in total. The summed E-state index contributed by atoms with van der Waals surface area (Å²) in [5.74, 6) is -0.269. The number of hydrogen-bond acceptors (Lipinski definition) is 4. The van der Waals surface area contributed by atoms with Crippen LogP contribution in [0.15, 0.2) is 24.3 Å². The summed E-state index contributed by atoms with van der Waals surface area (Å²) >= 11 is 0. The van der Waals surface area contributed by atoms with Gasteiger partial charge in [0.1, 0.15) is 11.9 Å². The molecule has 1 fully saturated rings. The van der Waals surface area contributed by atoms with Crippen molar-refractivity contribution < 1.29 is 13.9 Å². The monoisotopic (exact) mass is 309 g/mol. The van der Waals surface area contributed by atoms with Crippen LogP contribution in [0.3, 0.4) is 0 Å². The van der Waals surface area contributed by atoms with E-state index in [9.17, 15) is 9.18 Å². The lowest BCUT2D eigenvalue weighted by Gasteiger charge is -2.24. The lowest BCUT2D eigenvalue weighted by molar-refractivity contribution is -0.133. The summed E-state index contributed by atoms with van der Waals surface area (Å²) in [5, 5.41) is 0. The zero-order chi connectivity index (χ0) is 15.9. The summed E-state index contributed by atoms with van der Waals surface area (Å²) in [7, 11) is 1.54. The second kappa shape index (κ2) is 8.22. The highest BCUT2D eigenvalue weighted by Crippen LogP contribution is 2.10. The van der Waals surface area contributed by atoms with E-state index in [1.807, 2.05) is 4.90 Å². The topological polar surface area (TPSA) is 58.8 Å². The van der Waals surface area contributed by atoms with Crippen molar-refractivity contribution in [2.45, 2.75) is 19.0 Å². The number of carbonyl (C=O) groups excluding carboxylic acids is 1. The Labute approximate surface area is 130 Å². The van der Waals surface area contributed by atoms with Crippen LogP contribution in [-0.2, 0) is 16.1 Å². The molecule has 122 valence electrons. The molecule has 6 heteroatoms. The van der Waals surface area contributed by atoms with Gasteiger partial charge in [-0.15, -0.1) is 0 Å². The first-order valence-corrected chi connectivity index (χ1v) is 7.60. The maximum atomic E-state index is 12.9. The van der Waals surface area contributed by atoms with Crippen LogP contribution in [0, 0.1) is 5.82 Å². The number of rotatable bonds is 5. The minimum atomic E-state index is -0.589. The number of methoxy groups -OCH3 is 1. The zero-order valence-corrected chi connectivity index (χ0v) is 13.0. The Morgan fingerprint density at radius 1 is 1.27 bits per heavy atom. The third-order valence-electron chi connectivity index (χ3n) is 3.88. The molecule has 5 nitrogen and oxygen atoms in total. The van der Waals surface area contributed by atoms with Crippen LogP contribution in [0.25, 0.3) is 0 Å². The SMILES string of the molecule is COCC(N)C(=O)N1CCCN(Cc2ccc(F)cc2)CC1. The Balaban J connectivity index is 1.86. The average molecular weight is 309 g/mol. The van der Waals surface area contributed by atoms with Crippen LogP contribution in [-0.4, -0.2) is 61.6 Å². The second-order valence-electron chi connectivity index (χ2n) is 5.64. The van der Waals surface area contributed by atoms with Crippen molar-refractivity contribution in [1.29, 1.82) is 0 Å². The third kappa shape index (κ3) is 4.76. The van der Waals surface area contributed by atoms with Gasteiger partial charge in [0.05, 0.1) is 6.61 Å². The Morgan fingerprint density at radius 2 is 2.00 bits per heavy atom. The van der Waals surface area contributed by atoms with E-state index in [0.29, 0.717) is 6.54 Å². The molecule has 0 aromatic heterocycles. The number of carbonyl (C=O) groups is 1. The number of amides is 1. The highest BCUT2D eigenvalue weighted by molar-refractivity contribution is 5.81. The van der Waals surface area contributed by atoms with E-state index in [1.54, 1.807) is 19.2 Å². The fourth-order valence-corrected chi connectivity index (χ4v) is 2.68. The van der Waals surface area contributed by atoms with Crippen molar-refractivity contribution in [2.24, 2.45) is 5.73 Å². The molecule has 1 amide bonds. The van der Waals surface area contributed by atoms with Crippen LogP contribution >= 0.6 is 0 Å². The minimum Gasteiger partial charge on any atom is -0.383 e. The number of benzene rings is 1. The predicted octanol–water partition coefficient (Wildman–Crippen LogP) is 0.834. The minimum absolute atomic E-state index is 0.0505. The molecule has 0 bridgehead atoms. The van der Waals surface area contributed by atoms with Gasteiger partial charge in [0.25, 0.3) is 0 Å². The normalized spacial score (nSPS) is 18.0. The molecule has 2 rings (SSSR count). The van der Waals surface area contributed by atoms with Gasteiger partial charge in [-0.05, 0) is 24.1 Å². The lowest BCUT2D eigenvalue weighted by Crippen LogP contribution is -2.47. The van der Waals surface area contributed by atoms with Crippen LogP contribution in [0.1, 0.15) is 12.0 Å². The molecule has 1 aromatic rings. The smallest absolute Gasteiger partial charge is 0.241 e.